The van der Waals surface area contributed by atoms with Crippen molar-refractivity contribution < 1.29 is 13.2 Å². The van der Waals surface area contributed by atoms with Gasteiger partial charge in [-0.15, -0.1) is 0 Å². The summed E-state index contributed by atoms with van der Waals surface area (Å²) in [5.41, 5.74) is 0. The topological polar surface area (TPSA) is 29.9 Å². The predicted molar refractivity (Wildman–Crippen MR) is 51.7 cm³/mol. The van der Waals surface area contributed by atoms with Crippen molar-refractivity contribution in [3.63, 3.8) is 0 Å². The molecule has 0 aliphatic carbocycles. The number of hydrogen-bond donors (Lipinski definition) is 1. The first-order chi connectivity index (χ1) is 7.03. The molecule has 0 aliphatic heterocycles. The number of anilines is 1. The molecule has 3 nitrogen and oxygen atoms in total. The van der Waals surface area contributed by atoms with E-state index in [0.717, 1.165) is 13.0 Å². The third-order valence-electron chi connectivity index (χ3n) is 1.87. The van der Waals surface area contributed by atoms with Gasteiger partial charge in [-0.05, 0) is 6.42 Å². The third kappa shape index (κ3) is 4.22. The average molecular weight is 221 g/mol. The number of nitrogens with zero attached hydrogens (tertiary/aromatic N) is 2. The van der Waals surface area contributed by atoms with Gasteiger partial charge < -0.3 is 9.88 Å². The van der Waals surface area contributed by atoms with Crippen LogP contribution in [0.5, 0.6) is 0 Å². The molecule has 0 radical (unpaired) electrons. The SMILES string of the molecule is CCCn1ccnc1NCCC(F)(F)F. The maximum absolute atomic E-state index is 11.9. The molecule has 1 aromatic heterocycles. The van der Waals surface area contributed by atoms with Crippen LogP contribution in [-0.4, -0.2) is 22.3 Å². The zero-order valence-corrected chi connectivity index (χ0v) is 8.51. The Kier molecular flexibility index (Phi) is 3.99. The van der Waals surface area contributed by atoms with E-state index >= 15 is 0 Å². The van der Waals surface area contributed by atoms with Crippen LogP contribution in [0.3, 0.4) is 0 Å². The van der Waals surface area contributed by atoms with Crippen molar-refractivity contribution in [1.29, 1.82) is 0 Å². The second-order valence-electron chi connectivity index (χ2n) is 3.24. The highest BCUT2D eigenvalue weighted by atomic mass is 19.4. The van der Waals surface area contributed by atoms with Crippen LogP contribution in [-0.2, 0) is 6.54 Å². The lowest BCUT2D eigenvalue weighted by molar-refractivity contribution is -0.131. The lowest BCUT2D eigenvalue weighted by Gasteiger charge is -2.10. The predicted octanol–water partition coefficient (Wildman–Crippen LogP) is 2.66. The van der Waals surface area contributed by atoms with Crippen molar-refractivity contribution in [1.82, 2.24) is 9.55 Å². The Morgan fingerprint density at radius 2 is 2.20 bits per heavy atom. The largest absolute Gasteiger partial charge is 0.390 e. The normalized spacial score (nSPS) is 11.7. The molecule has 1 aromatic rings. The number of halogens is 3. The maximum atomic E-state index is 11.9. The Morgan fingerprint density at radius 1 is 1.47 bits per heavy atom. The van der Waals surface area contributed by atoms with Crippen molar-refractivity contribution in [2.24, 2.45) is 0 Å². The second kappa shape index (κ2) is 5.04. The molecular formula is C9H14F3N3. The van der Waals surface area contributed by atoms with Crippen molar-refractivity contribution in [3.8, 4) is 0 Å². The fourth-order valence-corrected chi connectivity index (χ4v) is 1.21. The summed E-state index contributed by atoms with van der Waals surface area (Å²) in [6.45, 7) is 2.62. The summed E-state index contributed by atoms with van der Waals surface area (Å²) in [5, 5.41) is 2.67. The minimum atomic E-state index is -4.12. The van der Waals surface area contributed by atoms with Crippen molar-refractivity contribution in [2.45, 2.75) is 32.5 Å². The molecule has 0 fully saturated rings. The van der Waals surface area contributed by atoms with E-state index < -0.39 is 12.6 Å². The molecule has 1 heterocycles. The fourth-order valence-electron chi connectivity index (χ4n) is 1.21. The van der Waals surface area contributed by atoms with Crippen LogP contribution in [0, 0.1) is 0 Å². The molecule has 0 aromatic carbocycles. The second-order valence-corrected chi connectivity index (χ2v) is 3.24. The summed E-state index contributed by atoms with van der Waals surface area (Å²) in [4.78, 5) is 3.94. The molecule has 15 heavy (non-hydrogen) atoms. The monoisotopic (exact) mass is 221 g/mol. The third-order valence-corrected chi connectivity index (χ3v) is 1.87. The summed E-state index contributed by atoms with van der Waals surface area (Å²) in [6, 6.07) is 0. The number of nitrogens with one attached hydrogen (secondary N) is 1. The Hall–Kier alpha value is -1.20. The summed E-state index contributed by atoms with van der Waals surface area (Å²) in [5.74, 6) is 0.501. The lowest BCUT2D eigenvalue weighted by Crippen LogP contribution is -2.16. The van der Waals surface area contributed by atoms with E-state index in [0.29, 0.717) is 5.95 Å². The highest BCUT2D eigenvalue weighted by Gasteiger charge is 2.26. The average Bonchev–Trinajstić information content (AvgIpc) is 2.51. The summed E-state index contributed by atoms with van der Waals surface area (Å²) >= 11 is 0. The number of aryl methyl sites for hydroxylation is 1. The van der Waals surface area contributed by atoms with Gasteiger partial charge in [-0.3, -0.25) is 0 Å². The van der Waals surface area contributed by atoms with Crippen LogP contribution in [0.2, 0.25) is 0 Å². The maximum Gasteiger partial charge on any atom is 0.390 e. The summed E-state index contributed by atoms with van der Waals surface area (Å²) < 4.78 is 37.4. The molecule has 0 bridgehead atoms. The first kappa shape index (κ1) is 11.9. The molecule has 1 N–H and O–H groups in total. The molecule has 0 aliphatic rings. The van der Waals surface area contributed by atoms with Gasteiger partial charge in [-0.1, -0.05) is 6.92 Å². The molecule has 0 unspecified atom stereocenters. The highest BCUT2D eigenvalue weighted by molar-refractivity contribution is 5.25. The van der Waals surface area contributed by atoms with Gasteiger partial charge in [0.1, 0.15) is 0 Å². The minimum Gasteiger partial charge on any atom is -0.355 e. The lowest BCUT2D eigenvalue weighted by atomic mass is 10.4. The molecule has 0 amide bonds. The van der Waals surface area contributed by atoms with Crippen LogP contribution in [0.1, 0.15) is 19.8 Å². The van der Waals surface area contributed by atoms with E-state index in [4.69, 9.17) is 0 Å². The number of rotatable bonds is 5. The smallest absolute Gasteiger partial charge is 0.355 e. The highest BCUT2D eigenvalue weighted by Crippen LogP contribution is 2.19. The summed E-state index contributed by atoms with van der Waals surface area (Å²) in [6.07, 6.45) is -0.712. The first-order valence-electron chi connectivity index (χ1n) is 4.84. The molecule has 1 rings (SSSR count). The quantitative estimate of drug-likeness (QED) is 0.828. The Labute approximate surface area is 86.3 Å². The van der Waals surface area contributed by atoms with Crippen LogP contribution >= 0.6 is 0 Å². The van der Waals surface area contributed by atoms with E-state index in [2.05, 4.69) is 10.3 Å². The van der Waals surface area contributed by atoms with Gasteiger partial charge in [-0.2, -0.15) is 13.2 Å². The molecule has 0 saturated heterocycles. The van der Waals surface area contributed by atoms with Gasteiger partial charge in [0.15, 0.2) is 0 Å². The van der Waals surface area contributed by atoms with Gasteiger partial charge in [0.25, 0.3) is 0 Å². The van der Waals surface area contributed by atoms with E-state index in [-0.39, 0.29) is 6.54 Å². The van der Waals surface area contributed by atoms with Crippen molar-refractivity contribution in [2.75, 3.05) is 11.9 Å². The standard InChI is InChI=1S/C9H14F3N3/c1-2-6-15-7-5-14-8(15)13-4-3-9(10,11)12/h5,7H,2-4,6H2,1H3,(H,13,14). The van der Waals surface area contributed by atoms with Crippen LogP contribution in [0.4, 0.5) is 19.1 Å². The van der Waals surface area contributed by atoms with Crippen molar-refractivity contribution >= 4 is 5.95 Å². The van der Waals surface area contributed by atoms with Crippen LogP contribution < -0.4 is 5.32 Å². The fraction of sp³-hybridized carbons (Fsp3) is 0.667. The van der Waals surface area contributed by atoms with Crippen molar-refractivity contribution in [3.05, 3.63) is 12.4 Å². The van der Waals surface area contributed by atoms with Gasteiger partial charge in [0.05, 0.1) is 6.42 Å². The Bertz CT molecular complexity index is 293. The zero-order chi connectivity index (χ0) is 11.3. The van der Waals surface area contributed by atoms with Gasteiger partial charge >= 0.3 is 6.18 Å². The summed E-state index contributed by atoms with van der Waals surface area (Å²) in [7, 11) is 0. The van der Waals surface area contributed by atoms with E-state index in [1.165, 1.54) is 0 Å². The van der Waals surface area contributed by atoms with Gasteiger partial charge in [0, 0.05) is 25.5 Å². The molecule has 6 heteroatoms. The number of alkyl halides is 3. The van der Waals surface area contributed by atoms with E-state index in [9.17, 15) is 13.2 Å². The molecule has 86 valence electrons. The Morgan fingerprint density at radius 3 is 2.80 bits per heavy atom. The van der Waals surface area contributed by atoms with E-state index in [1.54, 1.807) is 17.0 Å². The molecule has 0 spiro atoms. The minimum absolute atomic E-state index is 0.135. The van der Waals surface area contributed by atoms with Crippen LogP contribution in [0.25, 0.3) is 0 Å². The zero-order valence-electron chi connectivity index (χ0n) is 8.51. The first-order valence-corrected chi connectivity index (χ1v) is 4.84. The van der Waals surface area contributed by atoms with Gasteiger partial charge in [-0.25, -0.2) is 4.98 Å². The molecule has 0 atom stereocenters. The van der Waals surface area contributed by atoms with Gasteiger partial charge in [0.2, 0.25) is 5.95 Å². The number of imidazole rings is 1. The molecular weight excluding hydrogens is 207 g/mol. The van der Waals surface area contributed by atoms with E-state index in [1.807, 2.05) is 6.92 Å². The molecule has 0 saturated carbocycles. The van der Waals surface area contributed by atoms with Crippen LogP contribution in [0.15, 0.2) is 12.4 Å². The number of aromatic nitrogens is 2. The number of hydrogen-bond acceptors (Lipinski definition) is 2. The Balaban J connectivity index is 2.40.